The number of aliphatic carboxylic acids is 1. The second-order valence-corrected chi connectivity index (χ2v) is 4.32. The molecule has 1 aromatic rings. The van der Waals surface area contributed by atoms with Gasteiger partial charge >= 0.3 is 5.97 Å². The predicted octanol–water partition coefficient (Wildman–Crippen LogP) is 3.39. The molecule has 0 aliphatic heterocycles. The number of carbonyl (C=O) groups is 1. The second-order valence-electron chi connectivity index (χ2n) is 4.32. The molecule has 0 spiro atoms. The van der Waals surface area contributed by atoms with E-state index in [2.05, 4.69) is 26.0 Å². The topological polar surface area (TPSA) is 37.3 Å². The summed E-state index contributed by atoms with van der Waals surface area (Å²) >= 11 is 0. The van der Waals surface area contributed by atoms with Gasteiger partial charge in [-0.25, -0.2) is 0 Å². The van der Waals surface area contributed by atoms with Crippen molar-refractivity contribution in [1.29, 1.82) is 0 Å². The summed E-state index contributed by atoms with van der Waals surface area (Å²) in [6, 6.07) is 8.22. The Balaban J connectivity index is 2.75. The summed E-state index contributed by atoms with van der Waals surface area (Å²) in [6.07, 6.45) is 0.195. The number of carboxylic acid groups (broad SMARTS) is 1. The van der Waals surface area contributed by atoms with Gasteiger partial charge in [0.1, 0.15) is 0 Å². The van der Waals surface area contributed by atoms with Crippen LogP contribution in [0.1, 0.15) is 50.2 Å². The van der Waals surface area contributed by atoms with Crippen LogP contribution in [0.2, 0.25) is 0 Å². The van der Waals surface area contributed by atoms with E-state index >= 15 is 0 Å². The maximum atomic E-state index is 10.6. The van der Waals surface area contributed by atoms with E-state index < -0.39 is 5.97 Å². The van der Waals surface area contributed by atoms with E-state index in [9.17, 15) is 4.79 Å². The predicted molar refractivity (Wildman–Crippen MR) is 61.2 cm³/mol. The lowest BCUT2D eigenvalue weighted by molar-refractivity contribution is -0.137. The third kappa shape index (κ3) is 3.39. The molecule has 0 saturated heterocycles. The first-order valence-corrected chi connectivity index (χ1v) is 5.32. The smallest absolute Gasteiger partial charge is 0.303 e. The van der Waals surface area contributed by atoms with Crippen molar-refractivity contribution < 1.29 is 9.90 Å². The molecule has 0 saturated carbocycles. The molecule has 0 aromatic heterocycles. The van der Waals surface area contributed by atoms with Crippen molar-refractivity contribution in [3.8, 4) is 0 Å². The van der Waals surface area contributed by atoms with Gasteiger partial charge in [0.2, 0.25) is 0 Å². The molecule has 1 N–H and O–H groups in total. The second kappa shape index (κ2) is 4.96. The van der Waals surface area contributed by atoms with Gasteiger partial charge in [0.05, 0.1) is 6.42 Å². The van der Waals surface area contributed by atoms with E-state index in [0.717, 1.165) is 5.56 Å². The highest BCUT2D eigenvalue weighted by molar-refractivity contribution is 5.67. The van der Waals surface area contributed by atoms with Crippen LogP contribution in [0.4, 0.5) is 0 Å². The summed E-state index contributed by atoms with van der Waals surface area (Å²) in [5.74, 6) is -0.132. The third-order valence-corrected chi connectivity index (χ3v) is 2.65. The number of benzene rings is 1. The standard InChI is InChI=1S/C13H18O2/c1-9(2)11-4-6-12(7-5-11)10(3)8-13(14)15/h4-7,9-10H,8H2,1-3H3,(H,14,15). The van der Waals surface area contributed by atoms with Crippen LogP contribution in [-0.2, 0) is 4.79 Å². The summed E-state index contributed by atoms with van der Waals surface area (Å²) in [4.78, 5) is 10.6. The minimum Gasteiger partial charge on any atom is -0.481 e. The Bertz CT molecular complexity index is 325. The van der Waals surface area contributed by atoms with Crippen LogP contribution in [0.15, 0.2) is 24.3 Å². The first kappa shape index (κ1) is 11.8. The molecule has 0 amide bonds. The van der Waals surface area contributed by atoms with Gasteiger partial charge in [0, 0.05) is 0 Å². The van der Waals surface area contributed by atoms with E-state index in [0.29, 0.717) is 5.92 Å². The molecule has 0 fully saturated rings. The molecule has 1 rings (SSSR count). The van der Waals surface area contributed by atoms with Crippen LogP contribution in [0.25, 0.3) is 0 Å². The molecule has 0 bridgehead atoms. The van der Waals surface area contributed by atoms with Gasteiger partial charge in [-0.15, -0.1) is 0 Å². The quantitative estimate of drug-likeness (QED) is 0.819. The minimum atomic E-state index is -0.740. The van der Waals surface area contributed by atoms with Gasteiger partial charge in [-0.1, -0.05) is 45.0 Å². The van der Waals surface area contributed by atoms with Crippen LogP contribution in [0.5, 0.6) is 0 Å². The Labute approximate surface area is 90.9 Å². The lowest BCUT2D eigenvalue weighted by Crippen LogP contribution is -2.02. The third-order valence-electron chi connectivity index (χ3n) is 2.65. The molecule has 1 atom stereocenters. The summed E-state index contributed by atoms with van der Waals surface area (Å²) in [6.45, 7) is 6.24. The molecule has 15 heavy (non-hydrogen) atoms. The molecular formula is C13H18O2. The highest BCUT2D eigenvalue weighted by Crippen LogP contribution is 2.21. The van der Waals surface area contributed by atoms with Gasteiger partial charge in [-0.05, 0) is 23.0 Å². The van der Waals surface area contributed by atoms with Gasteiger partial charge in [-0.3, -0.25) is 4.79 Å². The maximum Gasteiger partial charge on any atom is 0.303 e. The average Bonchev–Trinajstić information content (AvgIpc) is 2.17. The van der Waals surface area contributed by atoms with Crippen LogP contribution in [-0.4, -0.2) is 11.1 Å². The van der Waals surface area contributed by atoms with Crippen molar-refractivity contribution in [1.82, 2.24) is 0 Å². The van der Waals surface area contributed by atoms with Crippen LogP contribution < -0.4 is 0 Å². The van der Waals surface area contributed by atoms with E-state index in [4.69, 9.17) is 5.11 Å². The van der Waals surface area contributed by atoms with Crippen molar-refractivity contribution >= 4 is 5.97 Å². The van der Waals surface area contributed by atoms with Crippen molar-refractivity contribution in [2.45, 2.75) is 39.0 Å². The fourth-order valence-corrected chi connectivity index (χ4v) is 1.59. The summed E-state index contributed by atoms with van der Waals surface area (Å²) in [5, 5.41) is 8.69. The van der Waals surface area contributed by atoms with Crippen molar-refractivity contribution in [3.63, 3.8) is 0 Å². The Hall–Kier alpha value is -1.31. The van der Waals surface area contributed by atoms with E-state index in [1.54, 1.807) is 0 Å². The molecule has 2 nitrogen and oxygen atoms in total. The molecule has 0 aliphatic rings. The molecular weight excluding hydrogens is 188 g/mol. The maximum absolute atomic E-state index is 10.6. The number of hydrogen-bond acceptors (Lipinski definition) is 1. The van der Waals surface area contributed by atoms with Crippen LogP contribution in [0, 0.1) is 0 Å². The first-order chi connectivity index (χ1) is 7.00. The Kier molecular flexibility index (Phi) is 3.89. The Morgan fingerprint density at radius 2 is 1.60 bits per heavy atom. The fourth-order valence-electron chi connectivity index (χ4n) is 1.59. The highest BCUT2D eigenvalue weighted by Gasteiger charge is 2.10. The van der Waals surface area contributed by atoms with Gasteiger partial charge in [-0.2, -0.15) is 0 Å². The molecule has 0 radical (unpaired) electrons. The molecule has 1 aromatic carbocycles. The lowest BCUT2D eigenvalue weighted by Gasteiger charge is -2.11. The number of rotatable bonds is 4. The first-order valence-electron chi connectivity index (χ1n) is 5.32. The summed E-state index contributed by atoms with van der Waals surface area (Å²) < 4.78 is 0. The fraction of sp³-hybridized carbons (Fsp3) is 0.462. The Morgan fingerprint density at radius 1 is 1.13 bits per heavy atom. The molecule has 1 unspecified atom stereocenters. The molecule has 0 heterocycles. The molecule has 2 heteroatoms. The zero-order chi connectivity index (χ0) is 11.4. The number of carboxylic acids is 1. The van der Waals surface area contributed by atoms with Gasteiger partial charge in [0.15, 0.2) is 0 Å². The van der Waals surface area contributed by atoms with Crippen molar-refractivity contribution in [3.05, 3.63) is 35.4 Å². The van der Waals surface area contributed by atoms with E-state index in [1.807, 2.05) is 19.1 Å². The van der Waals surface area contributed by atoms with Gasteiger partial charge in [0.25, 0.3) is 0 Å². The molecule has 82 valence electrons. The zero-order valence-electron chi connectivity index (χ0n) is 9.53. The largest absolute Gasteiger partial charge is 0.481 e. The van der Waals surface area contributed by atoms with E-state index in [-0.39, 0.29) is 12.3 Å². The normalized spacial score (nSPS) is 12.8. The summed E-state index contributed by atoms with van der Waals surface area (Å²) in [5.41, 5.74) is 2.39. The summed E-state index contributed by atoms with van der Waals surface area (Å²) in [7, 11) is 0. The van der Waals surface area contributed by atoms with Crippen molar-refractivity contribution in [2.75, 3.05) is 0 Å². The Morgan fingerprint density at radius 3 is 2.00 bits per heavy atom. The highest BCUT2D eigenvalue weighted by atomic mass is 16.4. The SMILES string of the molecule is CC(C)c1ccc(C(C)CC(=O)O)cc1. The van der Waals surface area contributed by atoms with Crippen LogP contribution >= 0.6 is 0 Å². The van der Waals surface area contributed by atoms with Crippen molar-refractivity contribution in [2.24, 2.45) is 0 Å². The number of hydrogen-bond donors (Lipinski definition) is 1. The molecule has 0 aliphatic carbocycles. The minimum absolute atomic E-state index is 0.0868. The average molecular weight is 206 g/mol. The van der Waals surface area contributed by atoms with Gasteiger partial charge < -0.3 is 5.11 Å². The zero-order valence-corrected chi connectivity index (χ0v) is 9.53. The van der Waals surface area contributed by atoms with Crippen LogP contribution in [0.3, 0.4) is 0 Å². The van der Waals surface area contributed by atoms with E-state index in [1.165, 1.54) is 5.56 Å². The monoisotopic (exact) mass is 206 g/mol. The lowest BCUT2D eigenvalue weighted by atomic mass is 9.94.